The fraction of sp³-hybridized carbons (Fsp3) is 0.154. The highest BCUT2D eigenvalue weighted by molar-refractivity contribution is 6.06. The van der Waals surface area contributed by atoms with Crippen LogP contribution in [-0.2, 0) is 0 Å². The molecule has 0 fully saturated rings. The minimum Gasteiger partial charge on any atom is -0.396 e. The van der Waals surface area contributed by atoms with E-state index >= 15 is 0 Å². The van der Waals surface area contributed by atoms with Crippen molar-refractivity contribution in [1.29, 1.82) is 5.26 Å². The number of aliphatic imine (C=N–C) groups is 1. The molecule has 0 aliphatic heterocycles. The average Bonchev–Trinajstić information content (AvgIpc) is 2.89. The van der Waals surface area contributed by atoms with E-state index in [1.54, 1.807) is 43.4 Å². The molecule has 4 N–H and O–H groups in total. The first-order valence-corrected chi connectivity index (χ1v) is 11.0. The lowest BCUT2D eigenvalue weighted by molar-refractivity contribution is 0.0993. The molecule has 0 unspecified atom stereocenters. The van der Waals surface area contributed by atoms with Crippen LogP contribution in [0.15, 0.2) is 71.7 Å². The van der Waals surface area contributed by atoms with Gasteiger partial charge >= 0.3 is 6.03 Å². The first kappa shape index (κ1) is 25.9. The number of benzene rings is 3. The van der Waals surface area contributed by atoms with Crippen LogP contribution in [0.2, 0.25) is 0 Å². The molecule has 10 heteroatoms. The van der Waals surface area contributed by atoms with Crippen LogP contribution in [0.25, 0.3) is 0 Å². The maximum atomic E-state index is 13.2. The lowest BCUT2D eigenvalue weighted by Crippen LogP contribution is -2.27. The predicted molar refractivity (Wildman–Crippen MR) is 137 cm³/mol. The Balaban J connectivity index is 1.76. The largest absolute Gasteiger partial charge is 0.396 e. The molecular formula is C26H25FN6O3. The van der Waals surface area contributed by atoms with Crippen molar-refractivity contribution in [3.8, 4) is 6.07 Å². The quantitative estimate of drug-likeness (QED) is 0.203. The van der Waals surface area contributed by atoms with Crippen LogP contribution in [0.3, 0.4) is 0 Å². The van der Waals surface area contributed by atoms with E-state index in [-0.39, 0.29) is 12.5 Å². The third kappa shape index (κ3) is 7.12. The second-order valence-electron chi connectivity index (χ2n) is 7.63. The summed E-state index contributed by atoms with van der Waals surface area (Å²) in [5.74, 6) is -0.763. The zero-order chi connectivity index (χ0) is 25.9. The summed E-state index contributed by atoms with van der Waals surface area (Å²) in [5, 5.41) is 26.3. The Bertz CT molecular complexity index is 1290. The van der Waals surface area contributed by atoms with Gasteiger partial charge in [-0.1, -0.05) is 6.07 Å². The molecule has 0 saturated carbocycles. The molecule has 0 radical (unpaired) electrons. The fourth-order valence-corrected chi connectivity index (χ4v) is 3.18. The van der Waals surface area contributed by atoms with E-state index in [4.69, 9.17) is 10.4 Å². The molecule has 3 amide bonds. The summed E-state index contributed by atoms with van der Waals surface area (Å²) in [6.07, 6.45) is 1.73. The van der Waals surface area contributed by atoms with Crippen molar-refractivity contribution in [2.75, 3.05) is 35.7 Å². The Morgan fingerprint density at radius 1 is 1.14 bits per heavy atom. The van der Waals surface area contributed by atoms with E-state index in [2.05, 4.69) is 20.9 Å². The molecule has 3 rings (SSSR count). The first-order valence-electron chi connectivity index (χ1n) is 11.0. The smallest absolute Gasteiger partial charge is 0.324 e. The average molecular weight is 489 g/mol. The molecule has 0 bridgehead atoms. The van der Waals surface area contributed by atoms with Crippen molar-refractivity contribution in [2.45, 2.75) is 6.42 Å². The van der Waals surface area contributed by atoms with Crippen molar-refractivity contribution in [1.82, 2.24) is 5.32 Å². The maximum absolute atomic E-state index is 13.2. The molecule has 184 valence electrons. The van der Waals surface area contributed by atoms with Gasteiger partial charge in [-0.3, -0.25) is 10.1 Å². The monoisotopic (exact) mass is 488 g/mol. The van der Waals surface area contributed by atoms with Crippen LogP contribution >= 0.6 is 0 Å². The van der Waals surface area contributed by atoms with Gasteiger partial charge in [0.15, 0.2) is 0 Å². The predicted octanol–water partition coefficient (Wildman–Crippen LogP) is 4.25. The zero-order valence-corrected chi connectivity index (χ0v) is 19.5. The van der Waals surface area contributed by atoms with Gasteiger partial charge in [-0.2, -0.15) is 5.26 Å². The van der Waals surface area contributed by atoms with Gasteiger partial charge in [-0.05, 0) is 67.1 Å². The SMILES string of the molecule is CN(C(=O)c1ccc(F)cc1)c1ccc(NCCCO)c(N=CNC(=O)Nc2cccc(C#N)c2)c1. The molecule has 0 atom stereocenters. The number of rotatable bonds is 9. The second-order valence-corrected chi connectivity index (χ2v) is 7.63. The summed E-state index contributed by atoms with van der Waals surface area (Å²) in [6, 6.07) is 18.3. The Kier molecular flexibility index (Phi) is 9.08. The summed E-state index contributed by atoms with van der Waals surface area (Å²) >= 11 is 0. The van der Waals surface area contributed by atoms with Crippen molar-refractivity contribution in [3.05, 3.63) is 83.7 Å². The normalized spacial score (nSPS) is 10.5. The second kappa shape index (κ2) is 12.6. The fourth-order valence-electron chi connectivity index (χ4n) is 3.18. The number of urea groups is 1. The van der Waals surface area contributed by atoms with E-state index in [9.17, 15) is 14.0 Å². The molecule has 0 aromatic heterocycles. The van der Waals surface area contributed by atoms with E-state index in [1.165, 1.54) is 41.6 Å². The number of anilines is 3. The highest BCUT2D eigenvalue weighted by atomic mass is 19.1. The van der Waals surface area contributed by atoms with Crippen LogP contribution < -0.4 is 20.9 Å². The molecule has 36 heavy (non-hydrogen) atoms. The van der Waals surface area contributed by atoms with Crippen LogP contribution in [-0.4, -0.2) is 43.6 Å². The van der Waals surface area contributed by atoms with Gasteiger partial charge in [-0.25, -0.2) is 14.2 Å². The van der Waals surface area contributed by atoms with Gasteiger partial charge < -0.3 is 20.6 Å². The molecule has 0 aliphatic carbocycles. The summed E-state index contributed by atoms with van der Waals surface area (Å²) in [4.78, 5) is 30.8. The third-order valence-corrected chi connectivity index (χ3v) is 5.06. The number of nitriles is 1. The van der Waals surface area contributed by atoms with Gasteiger partial charge in [0.2, 0.25) is 0 Å². The summed E-state index contributed by atoms with van der Waals surface area (Å²) in [5.41, 5.74) is 2.80. The lowest BCUT2D eigenvalue weighted by atomic mass is 10.1. The van der Waals surface area contributed by atoms with Crippen molar-refractivity contribution < 1.29 is 19.1 Å². The maximum Gasteiger partial charge on any atom is 0.324 e. The number of halogens is 1. The van der Waals surface area contributed by atoms with E-state index in [1.807, 2.05) is 6.07 Å². The highest BCUT2D eigenvalue weighted by Crippen LogP contribution is 2.30. The number of carbonyl (C=O) groups excluding carboxylic acids is 2. The Morgan fingerprint density at radius 3 is 2.64 bits per heavy atom. The van der Waals surface area contributed by atoms with Gasteiger partial charge in [0.05, 0.1) is 29.3 Å². The molecule has 3 aromatic rings. The Hall–Kier alpha value is -4.75. The Labute approximate surface area is 207 Å². The summed E-state index contributed by atoms with van der Waals surface area (Å²) in [7, 11) is 1.59. The van der Waals surface area contributed by atoms with Crippen molar-refractivity contribution in [3.63, 3.8) is 0 Å². The number of hydrogen-bond acceptors (Lipinski definition) is 6. The number of hydrogen-bond donors (Lipinski definition) is 4. The van der Waals surface area contributed by atoms with Crippen LogP contribution in [0.5, 0.6) is 0 Å². The van der Waals surface area contributed by atoms with Gasteiger partial charge in [0.25, 0.3) is 5.91 Å². The lowest BCUT2D eigenvalue weighted by Gasteiger charge is -2.19. The zero-order valence-electron chi connectivity index (χ0n) is 19.5. The number of amides is 3. The van der Waals surface area contributed by atoms with Gasteiger partial charge in [0, 0.05) is 37.1 Å². The topological polar surface area (TPSA) is 130 Å². The summed E-state index contributed by atoms with van der Waals surface area (Å²) < 4.78 is 13.2. The number of nitrogens with zero attached hydrogens (tertiary/aromatic N) is 3. The molecule has 0 saturated heterocycles. The standard InChI is InChI=1S/C26H25FN6O3/c1-33(25(35)19-6-8-20(27)9-7-19)22-10-11-23(29-12-3-13-34)24(15-22)30-17-31-26(36)32-21-5-2-4-18(14-21)16-28/h2,4-11,14-15,17,29,34H,3,12-13H2,1H3,(H2,30,31,32,36). The molecule has 0 heterocycles. The molecule has 3 aromatic carbocycles. The third-order valence-electron chi connectivity index (χ3n) is 5.06. The molecule has 9 nitrogen and oxygen atoms in total. The highest BCUT2D eigenvalue weighted by Gasteiger charge is 2.15. The molecule has 0 aliphatic rings. The number of aliphatic hydroxyl groups excluding tert-OH is 1. The van der Waals surface area contributed by atoms with Crippen molar-refractivity contribution in [2.24, 2.45) is 4.99 Å². The van der Waals surface area contributed by atoms with Gasteiger partial charge in [0.1, 0.15) is 5.82 Å². The first-order chi connectivity index (χ1) is 17.4. The van der Waals surface area contributed by atoms with Crippen LogP contribution in [0.1, 0.15) is 22.3 Å². The van der Waals surface area contributed by atoms with Gasteiger partial charge in [-0.15, -0.1) is 0 Å². The number of aliphatic hydroxyl groups is 1. The van der Waals surface area contributed by atoms with Crippen LogP contribution in [0.4, 0.5) is 31.9 Å². The minimum absolute atomic E-state index is 0.0212. The number of nitrogens with one attached hydrogen (secondary N) is 3. The molecular weight excluding hydrogens is 463 g/mol. The van der Waals surface area contributed by atoms with Crippen LogP contribution in [0, 0.1) is 17.1 Å². The Morgan fingerprint density at radius 2 is 1.92 bits per heavy atom. The van der Waals surface area contributed by atoms with E-state index < -0.39 is 11.8 Å². The molecule has 0 spiro atoms. The number of carbonyl (C=O) groups is 2. The summed E-state index contributed by atoms with van der Waals surface area (Å²) in [6.45, 7) is 0.513. The van der Waals surface area contributed by atoms with E-state index in [0.29, 0.717) is 46.8 Å². The van der Waals surface area contributed by atoms with Crippen molar-refractivity contribution >= 4 is 41.0 Å². The van der Waals surface area contributed by atoms with E-state index in [0.717, 1.165) is 0 Å². The minimum atomic E-state index is -0.552.